The number of carbonyl (C=O) groups is 1. The fourth-order valence-corrected chi connectivity index (χ4v) is 5.58. The topological polar surface area (TPSA) is 82.2 Å². The molecule has 0 saturated carbocycles. The highest BCUT2D eigenvalue weighted by molar-refractivity contribution is 7.89. The number of nitrogens with zero attached hydrogens (tertiary/aromatic N) is 3. The number of nitrogens with one attached hydrogen (secondary N) is 1. The van der Waals surface area contributed by atoms with Crippen molar-refractivity contribution in [3.63, 3.8) is 0 Å². The molecular formula is C25H36N4O4S. The minimum Gasteiger partial charge on any atom is -0.497 e. The largest absolute Gasteiger partial charge is 0.497 e. The highest BCUT2D eigenvalue weighted by Crippen LogP contribution is 2.25. The summed E-state index contributed by atoms with van der Waals surface area (Å²) >= 11 is 0. The standard InChI is InChI=1S/C25H36N4O4S/c1-19-18-23(33-5)10-11-24(19)34(31,32)28(4)15-14-25(30)26-20-6-8-22(9-7-20)29-16-12-21(13-17-29)27(2)3/h6-11,18,21H,12-17H2,1-5H3,(H,26,30). The van der Waals surface area contributed by atoms with Crippen LogP contribution in [0.15, 0.2) is 47.4 Å². The maximum Gasteiger partial charge on any atom is 0.243 e. The summed E-state index contributed by atoms with van der Waals surface area (Å²) in [5.74, 6) is 0.371. The summed E-state index contributed by atoms with van der Waals surface area (Å²) in [5, 5.41) is 2.86. The first kappa shape index (κ1) is 26.0. The fraction of sp³-hybridized carbons (Fsp3) is 0.480. The van der Waals surface area contributed by atoms with E-state index in [-0.39, 0.29) is 23.8 Å². The second-order valence-corrected chi connectivity index (χ2v) is 11.0. The molecule has 1 aliphatic rings. The SMILES string of the molecule is COc1ccc(S(=O)(=O)N(C)CCC(=O)Nc2ccc(N3CCC(N(C)C)CC3)cc2)c(C)c1. The van der Waals surface area contributed by atoms with Crippen molar-refractivity contribution in [2.24, 2.45) is 0 Å². The maximum absolute atomic E-state index is 12.9. The number of carbonyl (C=O) groups excluding carboxylic acids is 1. The van der Waals surface area contributed by atoms with E-state index in [1.165, 1.54) is 24.5 Å². The minimum atomic E-state index is -3.70. The average Bonchev–Trinajstić information content (AvgIpc) is 2.82. The molecule has 1 saturated heterocycles. The second kappa shape index (κ2) is 11.2. The van der Waals surface area contributed by atoms with Gasteiger partial charge in [-0.25, -0.2) is 12.7 Å². The number of ether oxygens (including phenoxy) is 1. The molecule has 0 radical (unpaired) electrons. The monoisotopic (exact) mass is 488 g/mol. The van der Waals surface area contributed by atoms with E-state index < -0.39 is 10.0 Å². The number of sulfonamides is 1. The van der Waals surface area contributed by atoms with Crippen LogP contribution in [0, 0.1) is 6.92 Å². The molecule has 9 heteroatoms. The smallest absolute Gasteiger partial charge is 0.243 e. The summed E-state index contributed by atoms with van der Waals surface area (Å²) < 4.78 is 32.2. The summed E-state index contributed by atoms with van der Waals surface area (Å²) in [4.78, 5) is 17.3. The van der Waals surface area contributed by atoms with Crippen LogP contribution in [0.5, 0.6) is 5.75 Å². The summed E-state index contributed by atoms with van der Waals surface area (Å²) in [5.41, 5.74) is 2.45. The van der Waals surface area contributed by atoms with Gasteiger partial charge in [-0.3, -0.25) is 4.79 Å². The number of piperidine rings is 1. The van der Waals surface area contributed by atoms with Crippen molar-refractivity contribution in [1.29, 1.82) is 0 Å². The molecule has 3 rings (SSSR count). The van der Waals surface area contributed by atoms with Gasteiger partial charge in [0.1, 0.15) is 5.75 Å². The Labute approximate surface area is 203 Å². The van der Waals surface area contributed by atoms with E-state index in [9.17, 15) is 13.2 Å². The Morgan fingerprint density at radius 3 is 2.29 bits per heavy atom. The average molecular weight is 489 g/mol. The zero-order chi connectivity index (χ0) is 24.9. The molecule has 0 aromatic heterocycles. The third-order valence-corrected chi connectivity index (χ3v) is 8.45. The van der Waals surface area contributed by atoms with Crippen LogP contribution in [-0.4, -0.2) is 77.5 Å². The van der Waals surface area contributed by atoms with Crippen molar-refractivity contribution in [2.45, 2.75) is 37.1 Å². The van der Waals surface area contributed by atoms with E-state index >= 15 is 0 Å². The lowest BCUT2D eigenvalue weighted by Gasteiger charge is -2.36. The third-order valence-electron chi connectivity index (χ3n) is 6.44. The number of hydrogen-bond donors (Lipinski definition) is 1. The Balaban J connectivity index is 1.52. The molecule has 34 heavy (non-hydrogen) atoms. The molecule has 0 unspecified atom stereocenters. The zero-order valence-corrected chi connectivity index (χ0v) is 21.6. The Kier molecular flexibility index (Phi) is 8.57. The number of benzene rings is 2. The molecule has 1 heterocycles. The molecule has 1 amide bonds. The molecule has 2 aromatic carbocycles. The van der Waals surface area contributed by atoms with Gasteiger partial charge in [0.2, 0.25) is 15.9 Å². The molecule has 1 aliphatic heterocycles. The van der Waals surface area contributed by atoms with E-state index in [0.717, 1.165) is 31.6 Å². The van der Waals surface area contributed by atoms with E-state index in [2.05, 4.69) is 29.2 Å². The predicted octanol–water partition coefficient (Wildman–Crippen LogP) is 3.18. The van der Waals surface area contributed by atoms with Crippen molar-refractivity contribution in [1.82, 2.24) is 9.21 Å². The first-order valence-electron chi connectivity index (χ1n) is 11.5. The van der Waals surface area contributed by atoms with E-state index in [0.29, 0.717) is 23.0 Å². The molecule has 8 nitrogen and oxygen atoms in total. The van der Waals surface area contributed by atoms with Gasteiger partial charge >= 0.3 is 0 Å². The molecule has 0 spiro atoms. The lowest BCUT2D eigenvalue weighted by atomic mass is 10.0. The van der Waals surface area contributed by atoms with Crippen LogP contribution in [0.2, 0.25) is 0 Å². The van der Waals surface area contributed by atoms with Crippen molar-refractivity contribution >= 4 is 27.3 Å². The zero-order valence-electron chi connectivity index (χ0n) is 20.7. The van der Waals surface area contributed by atoms with Gasteiger partial charge in [-0.1, -0.05) is 0 Å². The molecule has 1 fully saturated rings. The first-order valence-corrected chi connectivity index (χ1v) is 13.0. The van der Waals surface area contributed by atoms with Gasteiger partial charge in [-0.05, 0) is 81.9 Å². The van der Waals surface area contributed by atoms with Crippen molar-refractivity contribution in [3.05, 3.63) is 48.0 Å². The van der Waals surface area contributed by atoms with Gasteiger partial charge in [0.15, 0.2) is 0 Å². The Hall–Kier alpha value is -2.62. The van der Waals surface area contributed by atoms with Crippen LogP contribution in [0.1, 0.15) is 24.8 Å². The summed E-state index contributed by atoms with van der Waals surface area (Å²) in [7, 11) is 3.58. The van der Waals surface area contributed by atoms with Crippen LogP contribution >= 0.6 is 0 Å². The molecule has 0 aliphatic carbocycles. The Morgan fingerprint density at radius 1 is 1.09 bits per heavy atom. The molecular weight excluding hydrogens is 452 g/mol. The normalized spacial score (nSPS) is 15.1. The number of methoxy groups -OCH3 is 1. The van der Waals surface area contributed by atoms with Gasteiger partial charge in [-0.2, -0.15) is 0 Å². The fourth-order valence-electron chi connectivity index (χ4n) is 4.20. The number of anilines is 2. The van der Waals surface area contributed by atoms with E-state index in [1.54, 1.807) is 19.1 Å². The van der Waals surface area contributed by atoms with Crippen LogP contribution in [0.3, 0.4) is 0 Å². The van der Waals surface area contributed by atoms with Crippen molar-refractivity contribution < 1.29 is 17.9 Å². The lowest BCUT2D eigenvalue weighted by Crippen LogP contribution is -2.41. The van der Waals surface area contributed by atoms with E-state index in [1.807, 2.05) is 24.3 Å². The molecule has 0 bridgehead atoms. The highest BCUT2D eigenvalue weighted by atomic mass is 32.2. The van der Waals surface area contributed by atoms with Gasteiger partial charge < -0.3 is 19.9 Å². The van der Waals surface area contributed by atoms with Crippen LogP contribution in [0.25, 0.3) is 0 Å². The summed E-state index contributed by atoms with van der Waals surface area (Å²) in [6.07, 6.45) is 2.33. The van der Waals surface area contributed by atoms with Crippen LogP contribution in [0.4, 0.5) is 11.4 Å². The number of aryl methyl sites for hydroxylation is 1. The van der Waals surface area contributed by atoms with Gasteiger partial charge in [0.25, 0.3) is 0 Å². The minimum absolute atomic E-state index is 0.0603. The molecule has 186 valence electrons. The van der Waals surface area contributed by atoms with Gasteiger partial charge in [-0.15, -0.1) is 0 Å². The van der Waals surface area contributed by atoms with Gasteiger partial charge in [0, 0.05) is 50.5 Å². The van der Waals surface area contributed by atoms with Crippen LogP contribution in [-0.2, 0) is 14.8 Å². The highest BCUT2D eigenvalue weighted by Gasteiger charge is 2.24. The number of hydrogen-bond acceptors (Lipinski definition) is 6. The van der Waals surface area contributed by atoms with Gasteiger partial charge in [0.05, 0.1) is 12.0 Å². The molecule has 0 atom stereocenters. The summed E-state index contributed by atoms with van der Waals surface area (Å²) in [6, 6.07) is 13.3. The second-order valence-electron chi connectivity index (χ2n) is 8.98. The molecule has 2 aromatic rings. The quantitative estimate of drug-likeness (QED) is 0.584. The predicted molar refractivity (Wildman–Crippen MR) is 136 cm³/mol. The van der Waals surface area contributed by atoms with Crippen LogP contribution < -0.4 is 15.0 Å². The Morgan fingerprint density at radius 2 is 1.74 bits per heavy atom. The number of rotatable bonds is 9. The molecule has 1 N–H and O–H groups in total. The number of amides is 1. The first-order chi connectivity index (χ1) is 16.1. The van der Waals surface area contributed by atoms with E-state index in [4.69, 9.17) is 4.74 Å². The lowest BCUT2D eigenvalue weighted by molar-refractivity contribution is -0.116. The van der Waals surface area contributed by atoms with Crippen molar-refractivity contribution in [2.75, 3.05) is 58.1 Å². The third kappa shape index (κ3) is 6.28. The Bertz CT molecular complexity index is 1080. The summed E-state index contributed by atoms with van der Waals surface area (Å²) in [6.45, 7) is 3.84. The van der Waals surface area contributed by atoms with Crippen molar-refractivity contribution in [3.8, 4) is 5.75 Å². The maximum atomic E-state index is 12.9.